The van der Waals surface area contributed by atoms with E-state index >= 15 is 0 Å². The number of fused-ring (bicyclic) bond motifs is 2. The third-order valence-electron chi connectivity index (χ3n) is 5.74. The van der Waals surface area contributed by atoms with E-state index in [1.807, 2.05) is 29.8 Å². The Kier molecular flexibility index (Phi) is 6.14. The highest BCUT2D eigenvalue weighted by atomic mass is 32.2. The van der Waals surface area contributed by atoms with Gasteiger partial charge in [-0.15, -0.1) is 23.1 Å². The van der Waals surface area contributed by atoms with E-state index in [2.05, 4.69) is 15.5 Å². The molecule has 3 aromatic rings. The molecule has 3 N–H and O–H groups in total. The van der Waals surface area contributed by atoms with Crippen LogP contribution in [0, 0.1) is 6.92 Å². The average Bonchev–Trinajstić information content (AvgIpc) is 3.45. The van der Waals surface area contributed by atoms with Crippen molar-refractivity contribution in [3.05, 3.63) is 52.5 Å². The van der Waals surface area contributed by atoms with Gasteiger partial charge in [0.2, 0.25) is 0 Å². The number of thioether (sulfide) groups is 1. The quantitative estimate of drug-likeness (QED) is 0.178. The molecule has 1 saturated heterocycles. The summed E-state index contributed by atoms with van der Waals surface area (Å²) in [4.78, 5) is 48.0. The van der Waals surface area contributed by atoms with Crippen LogP contribution < -0.4 is 20.7 Å². The lowest BCUT2D eigenvalue weighted by Crippen LogP contribution is -2.71. The number of nitrogen functional groups attached to an aromatic ring is 1. The summed E-state index contributed by atoms with van der Waals surface area (Å²) < 4.78 is 7.52. The number of oxime groups is 1. The first-order valence-electron chi connectivity index (χ1n) is 10.7. The molecule has 0 spiro atoms. The number of nitrogens with zero attached hydrogens (tertiary/aromatic N) is 4. The molecule has 12 nitrogen and oxygen atoms in total. The number of nitrogens with one attached hydrogen (secondary N) is 1. The lowest BCUT2D eigenvalue weighted by Gasteiger charge is -2.50. The lowest BCUT2D eigenvalue weighted by atomic mass is 10.0. The molecule has 2 aliphatic heterocycles. The summed E-state index contributed by atoms with van der Waals surface area (Å²) >= 11 is 2.48. The minimum atomic E-state index is -1.45. The van der Waals surface area contributed by atoms with Gasteiger partial charge in [-0.05, 0) is 13.0 Å². The monoisotopic (exact) mass is 528 g/mol. The number of rotatable bonds is 7. The van der Waals surface area contributed by atoms with Gasteiger partial charge in [-0.25, -0.2) is 4.98 Å². The zero-order valence-electron chi connectivity index (χ0n) is 19.1. The van der Waals surface area contributed by atoms with Crippen LogP contribution in [-0.4, -0.2) is 57.7 Å². The minimum Gasteiger partial charge on any atom is -0.543 e. The first-order chi connectivity index (χ1) is 17.3. The van der Waals surface area contributed by atoms with Crippen molar-refractivity contribution in [2.45, 2.75) is 24.9 Å². The van der Waals surface area contributed by atoms with Crippen LogP contribution >= 0.6 is 23.1 Å². The van der Waals surface area contributed by atoms with Crippen LogP contribution in [0.1, 0.15) is 11.5 Å². The van der Waals surface area contributed by atoms with Crippen LogP contribution in [0.25, 0.3) is 11.1 Å². The molecule has 14 heteroatoms. The van der Waals surface area contributed by atoms with E-state index in [1.54, 1.807) is 11.4 Å². The van der Waals surface area contributed by atoms with Gasteiger partial charge in [0.25, 0.3) is 17.3 Å². The molecule has 3 aromatic heterocycles. The maximum Gasteiger partial charge on any atom is 0.276 e. The Labute approximate surface area is 212 Å². The molecule has 186 valence electrons. The number of carboxylic acid groups (broad SMARTS) is 1. The predicted octanol–water partition coefficient (Wildman–Crippen LogP) is -0.478. The Morgan fingerprint density at radius 1 is 1.47 bits per heavy atom. The number of hydrogen-bond acceptors (Lipinski definition) is 11. The van der Waals surface area contributed by atoms with Crippen LogP contribution in [0.2, 0.25) is 0 Å². The van der Waals surface area contributed by atoms with Crippen LogP contribution in [0.3, 0.4) is 0 Å². The van der Waals surface area contributed by atoms with E-state index < -0.39 is 29.2 Å². The van der Waals surface area contributed by atoms with E-state index in [0.29, 0.717) is 16.9 Å². The highest BCUT2D eigenvalue weighted by molar-refractivity contribution is 8.00. The second-order valence-corrected chi connectivity index (χ2v) is 10.0. The van der Waals surface area contributed by atoms with Gasteiger partial charge in [0.1, 0.15) is 30.0 Å². The Morgan fingerprint density at radius 2 is 2.28 bits per heavy atom. The van der Waals surface area contributed by atoms with Gasteiger partial charge in [-0.1, -0.05) is 5.16 Å². The van der Waals surface area contributed by atoms with Gasteiger partial charge in [-0.3, -0.25) is 14.5 Å². The zero-order valence-corrected chi connectivity index (χ0v) is 20.7. The van der Waals surface area contributed by atoms with E-state index in [0.717, 1.165) is 22.6 Å². The Bertz CT molecular complexity index is 1460. The van der Waals surface area contributed by atoms with Crippen molar-refractivity contribution >= 4 is 62.8 Å². The Balaban J connectivity index is 1.38. The Hall–Kier alpha value is -3.91. The molecule has 1 fully saturated rings. The SMILES string of the molecule is CO/N=C(\C(=O)NC1C(=O)N2C(C(=O)[O-])=C(C[n+]3cccc4oc(C)cc43)CS[C@H]12)c1csc(N)n1. The fourth-order valence-electron chi connectivity index (χ4n) is 4.22. The number of aryl methyl sites for hydroxylation is 1. The van der Waals surface area contributed by atoms with Crippen molar-refractivity contribution in [3.63, 3.8) is 0 Å². The molecule has 0 radical (unpaired) electrons. The number of anilines is 1. The average molecular weight is 529 g/mol. The Morgan fingerprint density at radius 3 is 2.97 bits per heavy atom. The molecule has 36 heavy (non-hydrogen) atoms. The van der Waals surface area contributed by atoms with Gasteiger partial charge in [-0.2, -0.15) is 4.57 Å². The molecule has 2 amide bonds. The number of β-lactam (4-membered cyclic amide) rings is 1. The molecule has 5 rings (SSSR count). The van der Waals surface area contributed by atoms with Gasteiger partial charge in [0.05, 0.1) is 17.7 Å². The fraction of sp³-hybridized carbons (Fsp3) is 0.273. The maximum absolute atomic E-state index is 13.0. The number of carbonyl (C=O) groups excluding carboxylic acids is 3. The van der Waals surface area contributed by atoms with Gasteiger partial charge in [0, 0.05) is 22.8 Å². The number of hydrogen-bond donors (Lipinski definition) is 2. The van der Waals surface area contributed by atoms with Crippen LogP contribution in [0.15, 0.2) is 50.6 Å². The molecule has 2 aliphatic rings. The summed E-state index contributed by atoms with van der Waals surface area (Å²) in [6.07, 6.45) is 1.82. The van der Waals surface area contributed by atoms with Gasteiger partial charge < -0.3 is 30.2 Å². The number of aromatic nitrogens is 2. The predicted molar refractivity (Wildman–Crippen MR) is 128 cm³/mol. The topological polar surface area (TPSA) is 167 Å². The van der Waals surface area contributed by atoms with Crippen molar-refractivity contribution in [1.82, 2.24) is 15.2 Å². The molecule has 0 saturated carbocycles. The number of aliphatic carboxylic acids is 1. The number of thiazole rings is 1. The van der Waals surface area contributed by atoms with E-state index in [-0.39, 0.29) is 28.8 Å². The first-order valence-corrected chi connectivity index (χ1v) is 12.6. The summed E-state index contributed by atoms with van der Waals surface area (Å²) in [6, 6.07) is 4.54. The fourth-order valence-corrected chi connectivity index (χ4v) is 6.10. The van der Waals surface area contributed by atoms with Crippen LogP contribution in [-0.2, 0) is 25.8 Å². The first kappa shape index (κ1) is 23.8. The normalized spacial score (nSPS) is 19.8. The molecular weight excluding hydrogens is 508 g/mol. The summed E-state index contributed by atoms with van der Waals surface area (Å²) in [7, 11) is 1.28. The number of furan rings is 1. The molecular formula is C22H20N6O6S2. The van der Waals surface area contributed by atoms with E-state index in [1.165, 1.54) is 23.8 Å². The third kappa shape index (κ3) is 4.07. The van der Waals surface area contributed by atoms with Crippen molar-refractivity contribution < 1.29 is 33.3 Å². The lowest BCUT2D eigenvalue weighted by molar-refractivity contribution is -0.663. The number of carboxylic acids is 1. The second-order valence-electron chi connectivity index (χ2n) is 8.04. The minimum absolute atomic E-state index is 0.145. The van der Waals surface area contributed by atoms with Gasteiger partial charge in [0.15, 0.2) is 29.2 Å². The molecule has 0 aliphatic carbocycles. The molecule has 0 aromatic carbocycles. The summed E-state index contributed by atoms with van der Waals surface area (Å²) in [5, 5.41) is 19.6. The number of pyridine rings is 1. The highest BCUT2D eigenvalue weighted by Gasteiger charge is 2.53. The number of nitrogens with two attached hydrogens (primary N) is 1. The van der Waals surface area contributed by atoms with E-state index in [9.17, 15) is 19.5 Å². The second kappa shape index (κ2) is 9.28. The largest absolute Gasteiger partial charge is 0.543 e. The number of amides is 2. The molecule has 5 heterocycles. The number of carbonyl (C=O) groups is 3. The summed E-state index contributed by atoms with van der Waals surface area (Å²) in [6.45, 7) is 2.06. The zero-order chi connectivity index (χ0) is 25.6. The maximum atomic E-state index is 13.0. The van der Waals surface area contributed by atoms with Crippen molar-refractivity contribution in [2.75, 3.05) is 18.6 Å². The van der Waals surface area contributed by atoms with Gasteiger partial charge >= 0.3 is 0 Å². The standard InChI is InChI=1S/C22H20N6O6S2/c1-10-6-13-14(34-10)4-3-5-27(13)7-11-8-35-20-16(19(30)28(20)17(11)21(31)32)25-18(29)15(26-33-2)12-9-36-22(23)24-12/h3-6,9,16,20H,7-8H2,1-2H3,(H3-,23,24,25,29,31,32)/b26-15-/t16?,20-/m1/s1. The van der Waals surface area contributed by atoms with Crippen LogP contribution in [0.4, 0.5) is 5.13 Å². The van der Waals surface area contributed by atoms with Crippen LogP contribution in [0.5, 0.6) is 0 Å². The highest BCUT2D eigenvalue weighted by Crippen LogP contribution is 2.40. The molecule has 0 bridgehead atoms. The van der Waals surface area contributed by atoms with Crippen molar-refractivity contribution in [2.24, 2.45) is 5.16 Å². The third-order valence-corrected chi connectivity index (χ3v) is 7.75. The van der Waals surface area contributed by atoms with Crippen molar-refractivity contribution in [1.29, 1.82) is 0 Å². The summed E-state index contributed by atoms with van der Waals surface area (Å²) in [5.74, 6) is -1.65. The molecule has 2 atom stereocenters. The smallest absolute Gasteiger partial charge is 0.276 e. The molecule has 1 unspecified atom stereocenters. The summed E-state index contributed by atoms with van der Waals surface area (Å²) in [5.41, 5.74) is 7.52. The van der Waals surface area contributed by atoms with Crippen molar-refractivity contribution in [3.8, 4) is 0 Å². The van der Waals surface area contributed by atoms with E-state index in [4.69, 9.17) is 15.0 Å².